The highest BCUT2D eigenvalue weighted by molar-refractivity contribution is 7.07. The number of carbonyl (C=O) groups excluding carboxylic acids is 2. The van der Waals surface area contributed by atoms with E-state index in [4.69, 9.17) is 27.9 Å². The van der Waals surface area contributed by atoms with Gasteiger partial charge in [-0.1, -0.05) is 42.8 Å². The van der Waals surface area contributed by atoms with Gasteiger partial charge < -0.3 is 15.0 Å². The lowest BCUT2D eigenvalue weighted by molar-refractivity contribution is -0.144. The van der Waals surface area contributed by atoms with E-state index in [9.17, 15) is 9.59 Å². The number of alkyl halides is 1. The number of nitrogens with zero attached hydrogens (tertiary/aromatic N) is 4. The van der Waals surface area contributed by atoms with Crippen LogP contribution in [0.5, 0.6) is 0 Å². The maximum atomic E-state index is 13.1. The van der Waals surface area contributed by atoms with Crippen molar-refractivity contribution in [3.8, 4) is 0 Å². The van der Waals surface area contributed by atoms with E-state index < -0.39 is 22.8 Å². The second kappa shape index (κ2) is 13.4. The fraction of sp³-hybridized carbons (Fsp3) is 0.345. The molecule has 0 aromatic carbocycles. The van der Waals surface area contributed by atoms with Gasteiger partial charge in [0.15, 0.2) is 0 Å². The number of carbonyl (C=O) groups is 2. The molecule has 2 aliphatic rings. The minimum absolute atomic E-state index is 0.179. The second-order valence-corrected chi connectivity index (χ2v) is 11.7. The molecule has 0 aliphatic heterocycles. The Balaban J connectivity index is 1.48. The van der Waals surface area contributed by atoms with Gasteiger partial charge in [0.05, 0.1) is 40.3 Å². The molecule has 8 nitrogen and oxygen atoms in total. The molecule has 0 spiro atoms. The van der Waals surface area contributed by atoms with E-state index in [1.54, 1.807) is 42.8 Å². The Labute approximate surface area is 248 Å². The van der Waals surface area contributed by atoms with Gasteiger partial charge >= 0.3 is 5.97 Å². The quantitative estimate of drug-likeness (QED) is 0.270. The molecule has 210 valence electrons. The van der Waals surface area contributed by atoms with Crippen LogP contribution in [0.25, 0.3) is 0 Å². The van der Waals surface area contributed by atoms with E-state index >= 15 is 0 Å². The number of hydrogen-bond donors (Lipinski definition) is 1. The Hall–Kier alpha value is -3.27. The summed E-state index contributed by atoms with van der Waals surface area (Å²) in [7, 11) is 1.29. The molecule has 3 unspecified atom stereocenters. The molecule has 0 saturated heterocycles. The predicted octanol–water partition coefficient (Wildman–Crippen LogP) is 5.84. The zero-order chi connectivity index (χ0) is 28.7. The highest BCUT2D eigenvalue weighted by Crippen LogP contribution is 2.37. The fourth-order valence-electron chi connectivity index (χ4n) is 4.65. The molecule has 11 heteroatoms. The summed E-state index contributed by atoms with van der Waals surface area (Å²) < 4.78 is 4.94. The molecule has 0 saturated carbocycles. The lowest BCUT2D eigenvalue weighted by Gasteiger charge is -2.31. The molecule has 3 atom stereocenters. The summed E-state index contributed by atoms with van der Waals surface area (Å²) in [6.45, 7) is 4.45. The Bertz CT molecular complexity index is 1370. The van der Waals surface area contributed by atoms with Gasteiger partial charge in [-0.3, -0.25) is 4.79 Å². The molecule has 2 aromatic rings. The maximum absolute atomic E-state index is 13.1. The van der Waals surface area contributed by atoms with Gasteiger partial charge in [-0.15, -0.1) is 22.9 Å². The van der Waals surface area contributed by atoms with Crippen molar-refractivity contribution in [3.63, 3.8) is 0 Å². The average molecular weight is 601 g/mol. The molecular formula is C29H31Cl2N5O3S. The van der Waals surface area contributed by atoms with Gasteiger partial charge in [0.2, 0.25) is 5.95 Å². The van der Waals surface area contributed by atoms with Gasteiger partial charge in [0, 0.05) is 29.4 Å². The topological polar surface area (TPSA) is 97.3 Å². The van der Waals surface area contributed by atoms with E-state index in [0.29, 0.717) is 18.9 Å². The fourth-order valence-corrected chi connectivity index (χ4v) is 5.91. The number of amides is 1. The molecule has 0 bridgehead atoms. The lowest BCUT2D eigenvalue weighted by Crippen LogP contribution is -2.45. The minimum Gasteiger partial charge on any atom is -0.467 e. The first-order valence-corrected chi connectivity index (χ1v) is 14.5. The van der Waals surface area contributed by atoms with E-state index in [-0.39, 0.29) is 22.9 Å². The zero-order valence-electron chi connectivity index (χ0n) is 22.5. The van der Waals surface area contributed by atoms with Crippen molar-refractivity contribution in [1.29, 1.82) is 0 Å². The predicted molar refractivity (Wildman–Crippen MR) is 159 cm³/mol. The number of methoxy groups -OCH3 is 1. The van der Waals surface area contributed by atoms with Gasteiger partial charge in [0.25, 0.3) is 5.91 Å². The zero-order valence-corrected chi connectivity index (χ0v) is 24.8. The molecular weight excluding hydrogens is 569 g/mol. The summed E-state index contributed by atoms with van der Waals surface area (Å²) in [6.07, 6.45) is 16.4. The Morgan fingerprint density at radius 3 is 2.73 bits per heavy atom. The summed E-state index contributed by atoms with van der Waals surface area (Å²) >= 11 is 14.4. The molecule has 2 aromatic heterocycles. The van der Waals surface area contributed by atoms with Crippen LogP contribution in [0.4, 0.5) is 5.95 Å². The molecule has 0 fully saturated rings. The minimum atomic E-state index is -0.961. The number of anilines is 1. The lowest BCUT2D eigenvalue weighted by atomic mass is 9.91. The van der Waals surface area contributed by atoms with Crippen LogP contribution in [0.15, 0.2) is 87.7 Å². The first kappa shape index (κ1) is 29.7. The van der Waals surface area contributed by atoms with Crippen LogP contribution in [0.3, 0.4) is 0 Å². The summed E-state index contributed by atoms with van der Waals surface area (Å²) in [5.41, 5.74) is 5.18. The van der Waals surface area contributed by atoms with Gasteiger partial charge in [-0.05, 0) is 50.0 Å². The summed E-state index contributed by atoms with van der Waals surface area (Å²) in [6, 6.07) is 0.905. The molecule has 2 heterocycles. The number of thiazole rings is 1. The molecule has 1 N–H and O–H groups in total. The number of aromatic nitrogens is 3. The Kier molecular flexibility index (Phi) is 9.95. The van der Waals surface area contributed by atoms with Crippen molar-refractivity contribution in [2.45, 2.75) is 50.6 Å². The molecule has 2 aliphatic carbocycles. The van der Waals surface area contributed by atoms with E-state index in [2.05, 4.69) is 38.2 Å². The Morgan fingerprint density at radius 2 is 2.08 bits per heavy atom. The largest absolute Gasteiger partial charge is 0.467 e. The average Bonchev–Trinajstić information content (AvgIpc) is 3.44. The Morgan fingerprint density at radius 1 is 1.30 bits per heavy atom. The number of esters is 1. The molecule has 40 heavy (non-hydrogen) atoms. The summed E-state index contributed by atoms with van der Waals surface area (Å²) in [5.74, 6) is -0.240. The van der Waals surface area contributed by atoms with Crippen LogP contribution in [0.1, 0.15) is 38.8 Å². The normalized spacial score (nSPS) is 21.6. The third-order valence-corrected chi connectivity index (χ3v) is 7.96. The van der Waals surface area contributed by atoms with Gasteiger partial charge in [-0.2, -0.15) is 0 Å². The maximum Gasteiger partial charge on any atom is 0.328 e. The molecule has 4 rings (SSSR count). The van der Waals surface area contributed by atoms with Crippen molar-refractivity contribution in [2.24, 2.45) is 5.92 Å². The van der Waals surface area contributed by atoms with Crippen LogP contribution in [0.2, 0.25) is 0 Å². The number of halogens is 2. The third-order valence-electron chi connectivity index (χ3n) is 6.67. The van der Waals surface area contributed by atoms with Crippen LogP contribution >= 0.6 is 34.5 Å². The number of ether oxygens (including phenoxy) is 1. The number of allylic oxidation sites excluding steroid dienone is 8. The van der Waals surface area contributed by atoms with Gasteiger partial charge in [0.1, 0.15) is 6.04 Å². The van der Waals surface area contributed by atoms with Crippen molar-refractivity contribution in [1.82, 2.24) is 20.3 Å². The van der Waals surface area contributed by atoms with E-state index in [1.807, 2.05) is 35.2 Å². The highest BCUT2D eigenvalue weighted by atomic mass is 35.5. The van der Waals surface area contributed by atoms with Crippen LogP contribution in [0, 0.1) is 5.92 Å². The summed E-state index contributed by atoms with van der Waals surface area (Å²) in [4.78, 5) is 40.0. The van der Waals surface area contributed by atoms with Crippen LogP contribution in [-0.2, 0) is 20.9 Å². The summed E-state index contributed by atoms with van der Waals surface area (Å²) in [5, 5.41) is 5.03. The first-order chi connectivity index (χ1) is 19.2. The first-order valence-electron chi connectivity index (χ1n) is 12.8. The highest BCUT2D eigenvalue weighted by Gasteiger charge is 2.36. The number of rotatable bonds is 10. The van der Waals surface area contributed by atoms with Gasteiger partial charge in [-0.25, -0.2) is 19.7 Å². The van der Waals surface area contributed by atoms with Crippen molar-refractivity contribution in [2.75, 3.05) is 12.0 Å². The van der Waals surface area contributed by atoms with Crippen LogP contribution in [-0.4, -0.2) is 44.9 Å². The smallest absolute Gasteiger partial charge is 0.328 e. The van der Waals surface area contributed by atoms with Crippen molar-refractivity contribution < 1.29 is 14.3 Å². The van der Waals surface area contributed by atoms with Crippen LogP contribution < -0.4 is 10.2 Å². The monoisotopic (exact) mass is 599 g/mol. The third kappa shape index (κ3) is 7.27. The standard InChI is InChI=1S/C29H31Cl2N5O3S/c1-19-15-20(10-11-24(19)36(16-21-17-40-18-34-21)28-32-13-6-14-33-28)7-4-9-23(27(38)39-3)35-26(37)25-22(30)8-5-12-29(25,2)31/h4-8,10-11,13-14,17-19,23H,9,12,15-16H2,1-3H3,(H,35,37)/b7-4+. The molecule has 0 radical (unpaired) electrons. The van der Waals surface area contributed by atoms with Crippen molar-refractivity contribution in [3.05, 3.63) is 93.4 Å². The molecule has 1 amide bonds. The van der Waals surface area contributed by atoms with Crippen molar-refractivity contribution >= 4 is 52.4 Å². The SMILES string of the molecule is COC(=O)C(C/C=C/C1=CC=C(N(Cc2cscn2)c2ncccn2)C(C)C1)NC(=O)C1=C(Cl)C=CCC1(C)Cl. The number of nitrogens with one attached hydrogen (secondary N) is 1. The van der Waals surface area contributed by atoms with E-state index in [1.165, 1.54) is 7.11 Å². The second-order valence-electron chi connectivity index (χ2n) is 9.77. The number of hydrogen-bond acceptors (Lipinski definition) is 8. The van der Waals surface area contributed by atoms with E-state index in [0.717, 1.165) is 23.4 Å².